The molecule has 1 N–H and O–H groups in total. The molecule has 1 heterocycles. The van der Waals surface area contributed by atoms with Crippen LogP contribution < -0.4 is 5.32 Å². The Bertz CT molecular complexity index is 503. The number of ether oxygens (including phenoxy) is 1. The second-order valence-electron chi connectivity index (χ2n) is 5.56. The number of morpholine rings is 1. The summed E-state index contributed by atoms with van der Waals surface area (Å²) in [6.07, 6.45) is 0. The van der Waals surface area contributed by atoms with Crippen molar-refractivity contribution in [2.45, 2.75) is 26.4 Å². The van der Waals surface area contributed by atoms with E-state index in [2.05, 4.69) is 5.32 Å². The molecule has 110 valence electrons. The largest absolute Gasteiger partial charge is 0.385 e. The maximum Gasteiger partial charge on any atom is 0.256 e. The number of carbonyl (C=O) groups is 1. The molecular formula is C15H21ClN2O2. The van der Waals surface area contributed by atoms with Gasteiger partial charge in [-0.2, -0.15) is 0 Å². The predicted octanol–water partition coefficient (Wildman–Crippen LogP) is 3.02. The van der Waals surface area contributed by atoms with Gasteiger partial charge in [-0.05, 0) is 39.0 Å². The summed E-state index contributed by atoms with van der Waals surface area (Å²) in [7, 11) is 0. The van der Waals surface area contributed by atoms with Crippen LogP contribution in [0, 0.1) is 0 Å². The highest BCUT2D eigenvalue weighted by molar-refractivity contribution is 6.31. The van der Waals surface area contributed by atoms with Gasteiger partial charge in [0.05, 0.1) is 17.8 Å². The summed E-state index contributed by atoms with van der Waals surface area (Å²) in [5.74, 6) is -0.000162. The first-order valence-corrected chi connectivity index (χ1v) is 7.27. The highest BCUT2D eigenvalue weighted by Crippen LogP contribution is 2.25. The number of benzene rings is 1. The molecule has 1 aromatic rings. The molecule has 0 bridgehead atoms. The van der Waals surface area contributed by atoms with Gasteiger partial charge in [-0.15, -0.1) is 0 Å². The van der Waals surface area contributed by atoms with E-state index in [4.69, 9.17) is 16.3 Å². The molecule has 2 rings (SSSR count). The van der Waals surface area contributed by atoms with Crippen LogP contribution in [-0.2, 0) is 4.74 Å². The molecule has 0 radical (unpaired) electrons. The van der Waals surface area contributed by atoms with Gasteiger partial charge < -0.3 is 15.0 Å². The first kappa shape index (κ1) is 15.1. The van der Waals surface area contributed by atoms with Crippen LogP contribution in [0.2, 0.25) is 5.02 Å². The van der Waals surface area contributed by atoms with Gasteiger partial charge in [-0.3, -0.25) is 4.79 Å². The normalized spacial score (nSPS) is 17.9. The van der Waals surface area contributed by atoms with Crippen molar-refractivity contribution in [2.24, 2.45) is 0 Å². The molecular weight excluding hydrogens is 276 g/mol. The Labute approximate surface area is 125 Å². The molecule has 1 aliphatic heterocycles. The minimum atomic E-state index is -0.301. The average molecular weight is 297 g/mol. The van der Waals surface area contributed by atoms with Crippen LogP contribution in [0.15, 0.2) is 18.2 Å². The summed E-state index contributed by atoms with van der Waals surface area (Å²) in [5, 5.41) is 3.78. The summed E-state index contributed by atoms with van der Waals surface area (Å²) in [6.45, 7) is 8.52. The first-order chi connectivity index (χ1) is 9.43. The topological polar surface area (TPSA) is 41.6 Å². The zero-order valence-corrected chi connectivity index (χ0v) is 13.0. The lowest BCUT2D eigenvalue weighted by Gasteiger charge is -2.38. The molecule has 0 unspecified atom stereocenters. The number of rotatable bonds is 3. The van der Waals surface area contributed by atoms with E-state index in [0.29, 0.717) is 30.3 Å². The number of nitrogens with zero attached hydrogens (tertiary/aromatic N) is 1. The molecule has 1 amide bonds. The van der Waals surface area contributed by atoms with E-state index in [1.165, 1.54) is 0 Å². The molecule has 0 aromatic heterocycles. The number of hydrogen-bond acceptors (Lipinski definition) is 3. The molecule has 1 aromatic carbocycles. The Morgan fingerprint density at radius 3 is 2.90 bits per heavy atom. The quantitative estimate of drug-likeness (QED) is 0.932. The Hall–Kier alpha value is -1.26. The van der Waals surface area contributed by atoms with E-state index < -0.39 is 0 Å². The number of carbonyl (C=O) groups excluding carboxylic acids is 1. The van der Waals surface area contributed by atoms with Gasteiger partial charge in [0.15, 0.2) is 0 Å². The molecule has 20 heavy (non-hydrogen) atoms. The van der Waals surface area contributed by atoms with Gasteiger partial charge in [0.2, 0.25) is 0 Å². The van der Waals surface area contributed by atoms with Crippen molar-refractivity contribution in [1.29, 1.82) is 0 Å². The van der Waals surface area contributed by atoms with Crippen molar-refractivity contribution >= 4 is 23.2 Å². The van der Waals surface area contributed by atoms with Crippen LogP contribution in [0.4, 0.5) is 5.69 Å². The van der Waals surface area contributed by atoms with Gasteiger partial charge in [-0.1, -0.05) is 11.6 Å². The maximum absolute atomic E-state index is 12.7. The van der Waals surface area contributed by atoms with Crippen LogP contribution in [0.25, 0.3) is 0 Å². The standard InChI is InChI=1S/C15H21ClN2O2/c1-4-17-13-6-5-11(16)9-12(13)14(19)18-7-8-20-15(2,3)10-18/h5-6,9,17H,4,7-8,10H2,1-3H3. The van der Waals surface area contributed by atoms with Crippen LogP contribution in [0.3, 0.4) is 0 Å². The number of anilines is 1. The summed E-state index contributed by atoms with van der Waals surface area (Å²) in [5.41, 5.74) is 1.15. The predicted molar refractivity (Wildman–Crippen MR) is 81.6 cm³/mol. The van der Waals surface area contributed by atoms with Crippen LogP contribution in [0.5, 0.6) is 0 Å². The third-order valence-electron chi connectivity index (χ3n) is 3.29. The lowest BCUT2D eigenvalue weighted by molar-refractivity contribution is -0.0763. The van der Waals surface area contributed by atoms with Gasteiger partial charge in [0.25, 0.3) is 5.91 Å². The maximum atomic E-state index is 12.7. The number of nitrogens with one attached hydrogen (secondary N) is 1. The van der Waals surface area contributed by atoms with Crippen molar-refractivity contribution in [3.8, 4) is 0 Å². The molecule has 0 spiro atoms. The summed E-state index contributed by atoms with van der Waals surface area (Å²) in [4.78, 5) is 14.5. The first-order valence-electron chi connectivity index (χ1n) is 6.89. The fraction of sp³-hybridized carbons (Fsp3) is 0.533. The Morgan fingerprint density at radius 1 is 1.50 bits per heavy atom. The van der Waals surface area contributed by atoms with E-state index in [1.807, 2.05) is 31.7 Å². The highest BCUT2D eigenvalue weighted by atomic mass is 35.5. The second kappa shape index (κ2) is 6.02. The third-order valence-corrected chi connectivity index (χ3v) is 3.53. The monoisotopic (exact) mass is 296 g/mol. The van der Waals surface area contributed by atoms with Crippen molar-refractivity contribution < 1.29 is 9.53 Å². The summed E-state index contributed by atoms with van der Waals surface area (Å²) in [6, 6.07) is 5.37. The lowest BCUT2D eigenvalue weighted by Crippen LogP contribution is -2.50. The summed E-state index contributed by atoms with van der Waals surface area (Å²) < 4.78 is 5.65. The Balaban J connectivity index is 2.26. The molecule has 0 atom stereocenters. The molecule has 0 aliphatic carbocycles. The molecule has 1 aliphatic rings. The SMILES string of the molecule is CCNc1ccc(Cl)cc1C(=O)N1CCOC(C)(C)C1. The molecule has 0 saturated carbocycles. The fourth-order valence-electron chi connectivity index (χ4n) is 2.40. The smallest absolute Gasteiger partial charge is 0.256 e. The minimum Gasteiger partial charge on any atom is -0.385 e. The molecule has 1 saturated heterocycles. The number of hydrogen-bond donors (Lipinski definition) is 1. The zero-order valence-electron chi connectivity index (χ0n) is 12.2. The van der Waals surface area contributed by atoms with Gasteiger partial charge in [-0.25, -0.2) is 0 Å². The fourth-order valence-corrected chi connectivity index (χ4v) is 2.57. The minimum absolute atomic E-state index is 0.000162. The van der Waals surface area contributed by atoms with Crippen LogP contribution in [0.1, 0.15) is 31.1 Å². The Kier molecular flexibility index (Phi) is 4.55. The molecule has 5 heteroatoms. The van der Waals surface area contributed by atoms with Crippen molar-refractivity contribution in [3.05, 3.63) is 28.8 Å². The van der Waals surface area contributed by atoms with E-state index >= 15 is 0 Å². The van der Waals surface area contributed by atoms with Gasteiger partial charge in [0, 0.05) is 30.3 Å². The van der Waals surface area contributed by atoms with Crippen LogP contribution >= 0.6 is 11.6 Å². The van der Waals surface area contributed by atoms with Crippen molar-refractivity contribution in [3.63, 3.8) is 0 Å². The Morgan fingerprint density at radius 2 is 2.25 bits per heavy atom. The average Bonchev–Trinajstić information content (AvgIpc) is 2.39. The lowest BCUT2D eigenvalue weighted by atomic mass is 10.1. The number of halogens is 1. The zero-order chi connectivity index (χ0) is 14.8. The number of amides is 1. The van der Waals surface area contributed by atoms with E-state index in [1.54, 1.807) is 12.1 Å². The molecule has 4 nitrogen and oxygen atoms in total. The van der Waals surface area contributed by atoms with E-state index in [0.717, 1.165) is 12.2 Å². The third kappa shape index (κ3) is 3.44. The second-order valence-corrected chi connectivity index (χ2v) is 5.99. The van der Waals surface area contributed by atoms with Crippen molar-refractivity contribution in [1.82, 2.24) is 4.90 Å². The summed E-state index contributed by atoms with van der Waals surface area (Å²) >= 11 is 6.03. The van der Waals surface area contributed by atoms with Gasteiger partial charge >= 0.3 is 0 Å². The van der Waals surface area contributed by atoms with E-state index in [-0.39, 0.29) is 11.5 Å². The van der Waals surface area contributed by atoms with Gasteiger partial charge in [0.1, 0.15) is 0 Å². The molecule has 1 fully saturated rings. The van der Waals surface area contributed by atoms with Crippen molar-refractivity contribution in [2.75, 3.05) is 31.6 Å². The highest BCUT2D eigenvalue weighted by Gasteiger charge is 2.31. The van der Waals surface area contributed by atoms with Crippen LogP contribution in [-0.4, -0.2) is 42.6 Å². The van der Waals surface area contributed by atoms with E-state index in [9.17, 15) is 4.79 Å².